The van der Waals surface area contributed by atoms with E-state index < -0.39 is 10.0 Å². The van der Waals surface area contributed by atoms with Crippen molar-refractivity contribution in [2.24, 2.45) is 0 Å². The minimum absolute atomic E-state index is 0.0757. The van der Waals surface area contributed by atoms with Gasteiger partial charge < -0.3 is 9.64 Å². The van der Waals surface area contributed by atoms with E-state index in [2.05, 4.69) is 38.9 Å². The molecule has 2 fully saturated rings. The van der Waals surface area contributed by atoms with Gasteiger partial charge in [-0.15, -0.1) is 0 Å². The lowest BCUT2D eigenvalue weighted by molar-refractivity contribution is 0.0638. The SMILES string of the molecule is COc1cc(C(=O)N2CCN(CCc3ccc(C4CCCC4)cc3)CC2)ccc1NS(=O)(=O)c1cccc2cccnc12. The normalized spacial score (nSPS) is 16.4. The first kappa shape index (κ1) is 29.1. The highest BCUT2D eigenvalue weighted by Gasteiger charge is 2.25. The maximum absolute atomic E-state index is 13.4. The van der Waals surface area contributed by atoms with Crippen LogP contribution in [0.5, 0.6) is 5.75 Å². The van der Waals surface area contributed by atoms with Gasteiger partial charge in [0.15, 0.2) is 0 Å². The summed E-state index contributed by atoms with van der Waals surface area (Å²) in [6.45, 7) is 3.90. The van der Waals surface area contributed by atoms with Crippen molar-refractivity contribution >= 4 is 32.5 Å². The van der Waals surface area contributed by atoms with E-state index >= 15 is 0 Å². The van der Waals surface area contributed by atoms with Crippen molar-refractivity contribution in [1.29, 1.82) is 0 Å². The number of carbonyl (C=O) groups is 1. The fraction of sp³-hybridized carbons (Fsp3) is 0.353. The van der Waals surface area contributed by atoms with E-state index in [1.165, 1.54) is 50.0 Å². The molecule has 0 radical (unpaired) electrons. The molecule has 1 amide bonds. The Morgan fingerprint density at radius 3 is 2.44 bits per heavy atom. The number of pyridine rings is 1. The highest BCUT2D eigenvalue weighted by molar-refractivity contribution is 7.93. The molecule has 2 heterocycles. The lowest BCUT2D eigenvalue weighted by Crippen LogP contribution is -2.49. The van der Waals surface area contributed by atoms with E-state index in [9.17, 15) is 13.2 Å². The summed E-state index contributed by atoms with van der Waals surface area (Å²) in [5, 5.41) is 0.728. The van der Waals surface area contributed by atoms with Crippen LogP contribution in [-0.2, 0) is 16.4 Å². The molecule has 1 aliphatic heterocycles. The van der Waals surface area contributed by atoms with E-state index in [0.29, 0.717) is 24.2 Å². The molecule has 6 rings (SSSR count). The van der Waals surface area contributed by atoms with Crippen LogP contribution in [0.2, 0.25) is 0 Å². The number of hydrogen-bond donors (Lipinski definition) is 1. The third-order valence-electron chi connectivity index (χ3n) is 8.76. The molecule has 9 heteroatoms. The van der Waals surface area contributed by atoms with Gasteiger partial charge in [-0.3, -0.25) is 19.4 Å². The smallest absolute Gasteiger partial charge is 0.264 e. The molecule has 3 aromatic carbocycles. The Morgan fingerprint density at radius 2 is 1.70 bits per heavy atom. The number of sulfonamides is 1. The molecule has 1 saturated heterocycles. The third kappa shape index (κ3) is 6.53. The van der Waals surface area contributed by atoms with Gasteiger partial charge in [-0.2, -0.15) is 0 Å². The summed E-state index contributed by atoms with van der Waals surface area (Å²) >= 11 is 0. The molecular weight excluding hydrogens is 560 g/mol. The summed E-state index contributed by atoms with van der Waals surface area (Å²) in [4.78, 5) is 22.0. The van der Waals surface area contributed by atoms with Crippen molar-refractivity contribution in [2.75, 3.05) is 44.6 Å². The van der Waals surface area contributed by atoms with Crippen LogP contribution in [0.3, 0.4) is 0 Å². The summed E-state index contributed by atoms with van der Waals surface area (Å²) in [6.07, 6.45) is 7.92. The lowest BCUT2D eigenvalue weighted by Gasteiger charge is -2.35. The van der Waals surface area contributed by atoms with Gasteiger partial charge in [0.25, 0.3) is 15.9 Å². The molecular formula is C34H38N4O4S. The van der Waals surface area contributed by atoms with Crippen LogP contribution in [0.1, 0.15) is 53.1 Å². The molecule has 1 N–H and O–H groups in total. The average Bonchev–Trinajstić information content (AvgIpc) is 3.59. The Labute approximate surface area is 253 Å². The maximum Gasteiger partial charge on any atom is 0.264 e. The number of para-hydroxylation sites is 1. The molecule has 1 saturated carbocycles. The van der Waals surface area contributed by atoms with Gasteiger partial charge in [-0.1, -0.05) is 55.3 Å². The number of rotatable bonds is 9. The van der Waals surface area contributed by atoms with Gasteiger partial charge in [0.1, 0.15) is 10.6 Å². The zero-order valence-electron chi connectivity index (χ0n) is 24.5. The van der Waals surface area contributed by atoms with Gasteiger partial charge in [0.05, 0.1) is 18.3 Å². The number of nitrogens with one attached hydrogen (secondary N) is 1. The van der Waals surface area contributed by atoms with Crippen LogP contribution in [0.25, 0.3) is 10.9 Å². The van der Waals surface area contributed by atoms with Crippen molar-refractivity contribution in [3.63, 3.8) is 0 Å². The van der Waals surface area contributed by atoms with Crippen LogP contribution in [0.4, 0.5) is 5.69 Å². The van der Waals surface area contributed by atoms with E-state index in [4.69, 9.17) is 4.74 Å². The highest BCUT2D eigenvalue weighted by atomic mass is 32.2. The molecule has 0 unspecified atom stereocenters. The molecule has 4 aromatic rings. The molecule has 0 bridgehead atoms. The number of amides is 1. The van der Waals surface area contributed by atoms with Crippen LogP contribution in [0.15, 0.2) is 83.9 Å². The van der Waals surface area contributed by atoms with Gasteiger partial charge >= 0.3 is 0 Å². The molecule has 43 heavy (non-hydrogen) atoms. The zero-order valence-corrected chi connectivity index (χ0v) is 25.4. The van der Waals surface area contributed by atoms with E-state index in [0.717, 1.165) is 37.4 Å². The van der Waals surface area contributed by atoms with Gasteiger partial charge in [0, 0.05) is 49.9 Å². The highest BCUT2D eigenvalue weighted by Crippen LogP contribution is 2.34. The number of aromatic nitrogens is 1. The van der Waals surface area contributed by atoms with E-state index in [-0.39, 0.29) is 22.2 Å². The van der Waals surface area contributed by atoms with Crippen LogP contribution < -0.4 is 9.46 Å². The zero-order chi connectivity index (χ0) is 29.8. The number of piperazine rings is 1. The molecule has 0 atom stereocenters. The van der Waals surface area contributed by atoms with Crippen molar-refractivity contribution in [2.45, 2.75) is 42.9 Å². The van der Waals surface area contributed by atoms with Crippen molar-refractivity contribution < 1.29 is 17.9 Å². The number of benzene rings is 3. The summed E-state index contributed by atoms with van der Waals surface area (Å²) in [5.41, 5.74) is 3.95. The number of anilines is 1. The number of hydrogen-bond acceptors (Lipinski definition) is 6. The Hall–Kier alpha value is -3.95. The number of methoxy groups -OCH3 is 1. The van der Waals surface area contributed by atoms with Crippen molar-refractivity contribution in [3.8, 4) is 5.75 Å². The average molecular weight is 599 g/mol. The molecule has 2 aliphatic rings. The topological polar surface area (TPSA) is 91.8 Å². The number of fused-ring (bicyclic) bond motifs is 1. The van der Waals surface area contributed by atoms with Crippen LogP contribution in [-0.4, -0.2) is 68.9 Å². The Morgan fingerprint density at radius 1 is 0.953 bits per heavy atom. The summed E-state index contributed by atoms with van der Waals surface area (Å²) in [6, 6.07) is 22.6. The predicted molar refractivity (Wildman–Crippen MR) is 169 cm³/mol. The molecule has 8 nitrogen and oxygen atoms in total. The van der Waals surface area contributed by atoms with Crippen molar-refractivity contribution in [3.05, 3.63) is 95.7 Å². The second-order valence-corrected chi connectivity index (χ2v) is 13.1. The second kappa shape index (κ2) is 12.7. The Balaban J connectivity index is 1.05. The molecule has 1 aromatic heterocycles. The summed E-state index contributed by atoms with van der Waals surface area (Å²) in [7, 11) is -2.50. The fourth-order valence-electron chi connectivity index (χ4n) is 6.26. The minimum atomic E-state index is -3.96. The van der Waals surface area contributed by atoms with E-state index in [1.807, 2.05) is 17.0 Å². The third-order valence-corrected chi connectivity index (χ3v) is 10.2. The van der Waals surface area contributed by atoms with Gasteiger partial charge in [-0.05, 0) is 66.6 Å². The second-order valence-electron chi connectivity index (χ2n) is 11.5. The minimum Gasteiger partial charge on any atom is -0.495 e. The van der Waals surface area contributed by atoms with Crippen molar-refractivity contribution in [1.82, 2.24) is 14.8 Å². The molecule has 224 valence electrons. The maximum atomic E-state index is 13.4. The standard InChI is InChI=1S/C34H38N4O4S/c1-42-31-24-29(15-16-30(31)36-43(40,41)32-10-4-8-28-9-5-18-35-33(28)32)34(39)38-22-20-37(21-23-38)19-17-25-11-13-27(14-12-25)26-6-2-3-7-26/h4-5,8-16,18,24,26,36H,2-3,6-7,17,19-23H2,1H3. The number of carbonyl (C=O) groups excluding carboxylic acids is 1. The summed E-state index contributed by atoms with van der Waals surface area (Å²) < 4.78 is 34.7. The molecule has 0 spiro atoms. The first-order chi connectivity index (χ1) is 20.9. The van der Waals surface area contributed by atoms with E-state index in [1.54, 1.807) is 36.5 Å². The first-order valence-corrected chi connectivity index (χ1v) is 16.5. The number of nitrogens with zero attached hydrogens (tertiary/aromatic N) is 3. The fourth-order valence-corrected chi connectivity index (χ4v) is 7.51. The van der Waals surface area contributed by atoms with Gasteiger partial charge in [-0.25, -0.2) is 8.42 Å². The lowest BCUT2D eigenvalue weighted by atomic mass is 9.96. The van der Waals surface area contributed by atoms with Crippen LogP contribution in [0, 0.1) is 0 Å². The van der Waals surface area contributed by atoms with Gasteiger partial charge in [0.2, 0.25) is 0 Å². The first-order valence-electron chi connectivity index (χ1n) is 15.1. The largest absolute Gasteiger partial charge is 0.495 e. The van der Waals surface area contributed by atoms with Crippen LogP contribution >= 0.6 is 0 Å². The predicted octanol–water partition coefficient (Wildman–Crippen LogP) is 5.70. The Kier molecular flexibility index (Phi) is 8.63. The molecule has 1 aliphatic carbocycles. The summed E-state index contributed by atoms with van der Waals surface area (Å²) in [5.74, 6) is 0.932. The quantitative estimate of drug-likeness (QED) is 0.266. The monoisotopic (exact) mass is 598 g/mol. The number of ether oxygens (including phenoxy) is 1. The Bertz CT molecular complexity index is 1690.